The Morgan fingerprint density at radius 3 is 2.37 bits per heavy atom. The molecule has 0 spiro atoms. The van der Waals surface area contributed by atoms with Gasteiger partial charge in [-0.05, 0) is 32.9 Å². The van der Waals surface area contributed by atoms with Gasteiger partial charge in [0.05, 0.1) is 0 Å². The highest BCUT2D eigenvalue weighted by atomic mass is 19.1. The number of hydrogen-bond donors (Lipinski definition) is 1. The summed E-state index contributed by atoms with van der Waals surface area (Å²) in [5, 5.41) is 3.50. The lowest BCUT2D eigenvalue weighted by Gasteiger charge is -2.27. The monoisotopic (exact) mass is 266 g/mol. The van der Waals surface area contributed by atoms with Crippen molar-refractivity contribution in [1.29, 1.82) is 0 Å². The Hall–Kier alpha value is -0.930. The Morgan fingerprint density at radius 2 is 1.79 bits per heavy atom. The Bertz CT molecular complexity index is 379. The molecule has 2 unspecified atom stereocenters. The fourth-order valence-corrected chi connectivity index (χ4v) is 1.95. The molecular formula is C16H27FN2. The molecule has 0 radical (unpaired) electrons. The molecule has 0 saturated heterocycles. The van der Waals surface area contributed by atoms with Crippen LogP contribution in [0, 0.1) is 11.7 Å². The van der Waals surface area contributed by atoms with Crippen molar-refractivity contribution < 1.29 is 4.39 Å². The summed E-state index contributed by atoms with van der Waals surface area (Å²) in [6.07, 6.45) is 0. The normalized spacial score (nSPS) is 14.9. The summed E-state index contributed by atoms with van der Waals surface area (Å²) >= 11 is 0. The zero-order valence-corrected chi connectivity index (χ0v) is 12.8. The maximum Gasteiger partial charge on any atom is 0.127 e. The quantitative estimate of drug-likeness (QED) is 0.813. The van der Waals surface area contributed by atoms with Gasteiger partial charge in [-0.25, -0.2) is 4.39 Å². The highest BCUT2D eigenvalue weighted by molar-refractivity contribution is 5.20. The molecule has 1 aromatic rings. The lowest BCUT2D eigenvalue weighted by Crippen LogP contribution is -2.37. The predicted molar refractivity (Wildman–Crippen MR) is 79.7 cm³/mol. The van der Waals surface area contributed by atoms with Gasteiger partial charge in [-0.15, -0.1) is 0 Å². The van der Waals surface area contributed by atoms with Crippen molar-refractivity contribution in [3.63, 3.8) is 0 Å². The van der Waals surface area contributed by atoms with Gasteiger partial charge in [-0.2, -0.15) is 0 Å². The molecular weight excluding hydrogens is 239 g/mol. The van der Waals surface area contributed by atoms with E-state index in [4.69, 9.17) is 0 Å². The fraction of sp³-hybridized carbons (Fsp3) is 0.625. The van der Waals surface area contributed by atoms with E-state index in [1.165, 1.54) is 6.07 Å². The second-order valence-corrected chi connectivity index (χ2v) is 5.66. The van der Waals surface area contributed by atoms with E-state index in [2.05, 4.69) is 31.0 Å². The number of nitrogens with one attached hydrogen (secondary N) is 1. The first-order valence-electron chi connectivity index (χ1n) is 7.11. The summed E-state index contributed by atoms with van der Waals surface area (Å²) in [4.78, 5) is 2.18. The van der Waals surface area contributed by atoms with Crippen LogP contribution in [0.1, 0.15) is 39.3 Å². The molecule has 108 valence electrons. The van der Waals surface area contributed by atoms with Crippen LogP contribution in [0.5, 0.6) is 0 Å². The molecule has 1 rings (SSSR count). The second-order valence-electron chi connectivity index (χ2n) is 5.66. The third-order valence-electron chi connectivity index (χ3n) is 3.95. The van der Waals surface area contributed by atoms with Gasteiger partial charge in [-0.1, -0.05) is 32.0 Å². The van der Waals surface area contributed by atoms with E-state index < -0.39 is 0 Å². The minimum atomic E-state index is -0.120. The fourth-order valence-electron chi connectivity index (χ4n) is 1.95. The summed E-state index contributed by atoms with van der Waals surface area (Å²) in [5.41, 5.74) is 0.766. The van der Waals surface area contributed by atoms with Gasteiger partial charge in [0.25, 0.3) is 0 Å². The van der Waals surface area contributed by atoms with Crippen LogP contribution in [-0.2, 0) is 0 Å². The first-order chi connectivity index (χ1) is 8.93. The molecule has 3 heteroatoms. The van der Waals surface area contributed by atoms with Crippen molar-refractivity contribution in [2.45, 2.75) is 39.8 Å². The molecule has 19 heavy (non-hydrogen) atoms. The van der Waals surface area contributed by atoms with E-state index in [0.29, 0.717) is 12.0 Å². The topological polar surface area (TPSA) is 15.3 Å². The van der Waals surface area contributed by atoms with Crippen LogP contribution in [0.3, 0.4) is 0 Å². The molecule has 0 aliphatic rings. The van der Waals surface area contributed by atoms with Gasteiger partial charge in [0.15, 0.2) is 0 Å². The summed E-state index contributed by atoms with van der Waals surface area (Å²) < 4.78 is 13.7. The highest BCUT2D eigenvalue weighted by Crippen LogP contribution is 2.20. The molecule has 0 saturated carbocycles. The van der Waals surface area contributed by atoms with Gasteiger partial charge in [0, 0.05) is 30.7 Å². The molecule has 0 bridgehead atoms. The number of halogens is 1. The van der Waals surface area contributed by atoms with Gasteiger partial charge >= 0.3 is 0 Å². The summed E-state index contributed by atoms with van der Waals surface area (Å²) in [5.74, 6) is 0.514. The van der Waals surface area contributed by atoms with Crippen LogP contribution in [0.2, 0.25) is 0 Å². The lowest BCUT2D eigenvalue weighted by atomic mass is 10.1. The largest absolute Gasteiger partial charge is 0.313 e. The maximum absolute atomic E-state index is 13.7. The molecule has 0 aliphatic carbocycles. The maximum atomic E-state index is 13.7. The van der Waals surface area contributed by atoms with Gasteiger partial charge in [0.2, 0.25) is 0 Å². The average Bonchev–Trinajstić information content (AvgIpc) is 2.38. The smallest absolute Gasteiger partial charge is 0.127 e. The summed E-state index contributed by atoms with van der Waals surface area (Å²) in [7, 11) is 2.04. The van der Waals surface area contributed by atoms with Crippen LogP contribution in [0.25, 0.3) is 0 Å². The minimum Gasteiger partial charge on any atom is -0.313 e. The summed E-state index contributed by atoms with van der Waals surface area (Å²) in [6.45, 7) is 10.5. The Kier molecular flexibility index (Phi) is 6.46. The standard InChI is InChI=1S/C16H27FN2/c1-12(2)13(3)18-10-11-19(5)14(4)15-8-6-7-9-16(15)17/h6-9,12-14,18H,10-11H2,1-5H3. The van der Waals surface area contributed by atoms with E-state index in [1.807, 2.05) is 26.1 Å². The molecule has 0 heterocycles. The van der Waals surface area contributed by atoms with Crippen LogP contribution in [0.15, 0.2) is 24.3 Å². The van der Waals surface area contributed by atoms with Crippen molar-refractivity contribution in [3.05, 3.63) is 35.6 Å². The highest BCUT2D eigenvalue weighted by Gasteiger charge is 2.15. The van der Waals surface area contributed by atoms with E-state index in [-0.39, 0.29) is 11.9 Å². The van der Waals surface area contributed by atoms with Gasteiger partial charge < -0.3 is 5.32 Å². The van der Waals surface area contributed by atoms with Gasteiger partial charge in [-0.3, -0.25) is 4.90 Å². The first kappa shape index (κ1) is 16.1. The van der Waals surface area contributed by atoms with Crippen molar-refractivity contribution in [2.24, 2.45) is 5.92 Å². The molecule has 0 aliphatic heterocycles. The summed E-state index contributed by atoms with van der Waals surface area (Å²) in [6, 6.07) is 7.62. The Morgan fingerprint density at radius 1 is 1.16 bits per heavy atom. The van der Waals surface area contributed by atoms with Crippen LogP contribution in [-0.4, -0.2) is 31.1 Å². The van der Waals surface area contributed by atoms with Crippen molar-refractivity contribution in [1.82, 2.24) is 10.2 Å². The third-order valence-corrected chi connectivity index (χ3v) is 3.95. The number of benzene rings is 1. The predicted octanol–water partition coefficient (Wildman–Crippen LogP) is 3.45. The molecule has 1 N–H and O–H groups in total. The second kappa shape index (κ2) is 7.61. The van der Waals surface area contributed by atoms with Crippen molar-refractivity contribution in [3.8, 4) is 0 Å². The molecule has 2 atom stereocenters. The SMILES string of the molecule is CC(C)C(C)NCCN(C)C(C)c1ccccc1F. The van der Waals surface area contributed by atoms with Crippen LogP contribution < -0.4 is 5.32 Å². The number of hydrogen-bond acceptors (Lipinski definition) is 2. The van der Waals surface area contributed by atoms with Crippen LogP contribution >= 0.6 is 0 Å². The van der Waals surface area contributed by atoms with Gasteiger partial charge in [0.1, 0.15) is 5.82 Å². The Balaban J connectivity index is 2.45. The zero-order chi connectivity index (χ0) is 14.4. The van der Waals surface area contributed by atoms with Crippen LogP contribution in [0.4, 0.5) is 4.39 Å². The average molecular weight is 266 g/mol. The number of rotatable bonds is 7. The Labute approximate surface area is 117 Å². The molecule has 0 fully saturated rings. The number of nitrogens with zero attached hydrogens (tertiary/aromatic N) is 1. The third kappa shape index (κ3) is 4.92. The molecule has 0 amide bonds. The minimum absolute atomic E-state index is 0.0948. The van der Waals surface area contributed by atoms with E-state index >= 15 is 0 Å². The molecule has 0 aromatic heterocycles. The lowest BCUT2D eigenvalue weighted by molar-refractivity contribution is 0.249. The zero-order valence-electron chi connectivity index (χ0n) is 12.8. The number of likely N-dealkylation sites (N-methyl/N-ethyl adjacent to an activating group) is 1. The first-order valence-corrected chi connectivity index (χ1v) is 7.11. The van der Waals surface area contributed by atoms with E-state index in [1.54, 1.807) is 6.07 Å². The molecule has 1 aromatic carbocycles. The van der Waals surface area contributed by atoms with Crippen molar-refractivity contribution >= 4 is 0 Å². The van der Waals surface area contributed by atoms with E-state index in [9.17, 15) is 4.39 Å². The van der Waals surface area contributed by atoms with E-state index in [0.717, 1.165) is 18.7 Å². The van der Waals surface area contributed by atoms with Crippen molar-refractivity contribution in [2.75, 3.05) is 20.1 Å². The molecule has 2 nitrogen and oxygen atoms in total.